The third kappa shape index (κ3) is 3.50. The van der Waals surface area contributed by atoms with Crippen LogP contribution in [0.15, 0.2) is 18.5 Å². The number of fused-ring (bicyclic) bond motifs is 2. The molecule has 5 rings (SSSR count). The van der Waals surface area contributed by atoms with Gasteiger partial charge in [0, 0.05) is 17.5 Å². The fourth-order valence-corrected chi connectivity index (χ4v) is 5.96. The Morgan fingerprint density at radius 3 is 2.62 bits per heavy atom. The van der Waals surface area contributed by atoms with Gasteiger partial charge in [0.25, 0.3) is 5.91 Å². The Hall–Kier alpha value is -2.48. The number of rotatable bonds is 4. The third-order valence-corrected chi connectivity index (χ3v) is 7.46. The predicted octanol–water partition coefficient (Wildman–Crippen LogP) is 4.31. The molecule has 0 aromatic carbocycles. The van der Waals surface area contributed by atoms with E-state index in [4.69, 9.17) is 0 Å². The first-order valence-electron chi connectivity index (χ1n) is 10.5. The lowest BCUT2D eigenvalue weighted by Gasteiger charge is -2.33. The first-order chi connectivity index (χ1) is 14.1. The molecule has 3 aliphatic rings. The highest BCUT2D eigenvalue weighted by molar-refractivity contribution is 7.18. The lowest BCUT2D eigenvalue weighted by atomic mass is 9.78. The summed E-state index contributed by atoms with van der Waals surface area (Å²) in [5.41, 5.74) is 0.936. The Morgan fingerprint density at radius 1 is 1.07 bits per heavy atom. The SMILES string of the molecule is O=C1NC2(CCCCC2)c2cc(Nc3cc(NC(=O)C4CCCC4)ncn3)sc21. The molecule has 0 atom stereocenters. The smallest absolute Gasteiger partial charge is 0.262 e. The largest absolute Gasteiger partial charge is 0.342 e. The summed E-state index contributed by atoms with van der Waals surface area (Å²) >= 11 is 1.46. The summed E-state index contributed by atoms with van der Waals surface area (Å²) in [6.07, 6.45) is 11.1. The number of hydrogen-bond acceptors (Lipinski definition) is 6. The van der Waals surface area contributed by atoms with Crippen molar-refractivity contribution >= 4 is 39.8 Å². The summed E-state index contributed by atoms with van der Waals surface area (Å²) in [6.45, 7) is 0. The van der Waals surface area contributed by atoms with E-state index in [0.717, 1.165) is 66.8 Å². The maximum Gasteiger partial charge on any atom is 0.262 e. The number of hydrogen-bond donors (Lipinski definition) is 3. The first kappa shape index (κ1) is 18.5. The molecule has 2 saturated carbocycles. The Bertz CT molecular complexity index is 944. The van der Waals surface area contributed by atoms with Gasteiger partial charge in [0.1, 0.15) is 18.0 Å². The molecule has 0 bridgehead atoms. The first-order valence-corrected chi connectivity index (χ1v) is 11.3. The van der Waals surface area contributed by atoms with Crippen molar-refractivity contribution in [2.75, 3.05) is 10.6 Å². The van der Waals surface area contributed by atoms with Crippen molar-refractivity contribution in [3.63, 3.8) is 0 Å². The highest BCUT2D eigenvalue weighted by Gasteiger charge is 2.45. The highest BCUT2D eigenvalue weighted by atomic mass is 32.1. The van der Waals surface area contributed by atoms with Crippen LogP contribution in [0.5, 0.6) is 0 Å². The van der Waals surface area contributed by atoms with E-state index in [1.54, 1.807) is 6.07 Å². The molecule has 3 heterocycles. The van der Waals surface area contributed by atoms with Crippen LogP contribution >= 0.6 is 11.3 Å². The molecule has 8 heteroatoms. The molecular formula is C21H25N5O2S. The zero-order valence-corrected chi connectivity index (χ0v) is 17.1. The monoisotopic (exact) mass is 411 g/mol. The minimum Gasteiger partial charge on any atom is -0.342 e. The van der Waals surface area contributed by atoms with E-state index in [1.165, 1.54) is 24.1 Å². The summed E-state index contributed by atoms with van der Waals surface area (Å²) in [7, 11) is 0. The number of carbonyl (C=O) groups is 2. The topological polar surface area (TPSA) is 96.0 Å². The minimum absolute atomic E-state index is 0.0344. The maximum absolute atomic E-state index is 12.5. The van der Waals surface area contributed by atoms with Gasteiger partial charge in [-0.25, -0.2) is 9.97 Å². The molecule has 1 aliphatic heterocycles. The molecule has 2 aliphatic carbocycles. The van der Waals surface area contributed by atoms with Crippen LogP contribution in [0.3, 0.4) is 0 Å². The second kappa shape index (κ2) is 7.40. The van der Waals surface area contributed by atoms with Gasteiger partial charge in [0.15, 0.2) is 0 Å². The molecule has 3 N–H and O–H groups in total. The molecular weight excluding hydrogens is 386 g/mol. The normalized spacial score (nSPS) is 20.5. The summed E-state index contributed by atoms with van der Waals surface area (Å²) in [4.78, 5) is 34.1. The van der Waals surface area contributed by atoms with E-state index >= 15 is 0 Å². The maximum atomic E-state index is 12.5. The van der Waals surface area contributed by atoms with Gasteiger partial charge < -0.3 is 16.0 Å². The molecule has 152 valence electrons. The molecule has 2 aromatic heterocycles. The summed E-state index contributed by atoms with van der Waals surface area (Å²) in [5, 5.41) is 10.3. The number of thiophene rings is 1. The van der Waals surface area contributed by atoms with Crippen LogP contribution in [0.25, 0.3) is 0 Å². The van der Waals surface area contributed by atoms with E-state index in [1.807, 2.05) is 0 Å². The van der Waals surface area contributed by atoms with Gasteiger partial charge in [0.2, 0.25) is 5.91 Å². The van der Waals surface area contributed by atoms with Crippen LogP contribution in [0.2, 0.25) is 0 Å². The van der Waals surface area contributed by atoms with Gasteiger partial charge in [-0.1, -0.05) is 32.1 Å². The molecule has 7 nitrogen and oxygen atoms in total. The zero-order valence-electron chi connectivity index (χ0n) is 16.3. The molecule has 0 unspecified atom stereocenters. The van der Waals surface area contributed by atoms with Crippen LogP contribution < -0.4 is 16.0 Å². The lowest BCUT2D eigenvalue weighted by molar-refractivity contribution is -0.119. The van der Waals surface area contributed by atoms with Gasteiger partial charge in [0.05, 0.1) is 15.4 Å². The van der Waals surface area contributed by atoms with Crippen LogP contribution in [0.1, 0.15) is 73.0 Å². The van der Waals surface area contributed by atoms with E-state index < -0.39 is 0 Å². The number of amides is 2. The van der Waals surface area contributed by atoms with Gasteiger partial charge in [-0.05, 0) is 31.7 Å². The number of aromatic nitrogens is 2. The fraction of sp³-hybridized carbons (Fsp3) is 0.524. The second-order valence-corrected chi connectivity index (χ2v) is 9.39. The van der Waals surface area contributed by atoms with Crippen molar-refractivity contribution in [3.8, 4) is 0 Å². The Balaban J connectivity index is 1.32. The lowest BCUT2D eigenvalue weighted by Crippen LogP contribution is -2.40. The quantitative estimate of drug-likeness (QED) is 0.697. The number of anilines is 3. The zero-order chi connectivity index (χ0) is 19.8. The van der Waals surface area contributed by atoms with Gasteiger partial charge in [-0.15, -0.1) is 11.3 Å². The Labute approximate surface area is 173 Å². The van der Waals surface area contributed by atoms with E-state index in [0.29, 0.717) is 11.6 Å². The second-order valence-electron chi connectivity index (χ2n) is 8.33. The van der Waals surface area contributed by atoms with Gasteiger partial charge in [-0.3, -0.25) is 9.59 Å². The minimum atomic E-state index is -0.187. The molecule has 1 spiro atoms. The van der Waals surface area contributed by atoms with Crippen LogP contribution in [0.4, 0.5) is 16.6 Å². The summed E-state index contributed by atoms with van der Waals surface area (Å²) in [6, 6.07) is 3.83. The third-order valence-electron chi connectivity index (χ3n) is 6.41. The van der Waals surface area contributed by atoms with Crippen molar-refractivity contribution in [3.05, 3.63) is 28.9 Å². The fourth-order valence-electron chi connectivity index (χ4n) is 4.90. The van der Waals surface area contributed by atoms with E-state index in [2.05, 4.69) is 32.0 Å². The molecule has 2 aromatic rings. The van der Waals surface area contributed by atoms with E-state index in [9.17, 15) is 9.59 Å². The molecule has 0 radical (unpaired) electrons. The van der Waals surface area contributed by atoms with Gasteiger partial charge in [-0.2, -0.15) is 0 Å². The van der Waals surface area contributed by atoms with Crippen molar-refractivity contribution in [2.24, 2.45) is 5.92 Å². The number of nitrogens with zero attached hydrogens (tertiary/aromatic N) is 2. The predicted molar refractivity (Wildman–Crippen MR) is 112 cm³/mol. The van der Waals surface area contributed by atoms with Gasteiger partial charge >= 0.3 is 0 Å². The molecule has 29 heavy (non-hydrogen) atoms. The van der Waals surface area contributed by atoms with Crippen molar-refractivity contribution in [2.45, 2.75) is 63.3 Å². The molecule has 2 fully saturated rings. The highest BCUT2D eigenvalue weighted by Crippen LogP contribution is 2.47. The van der Waals surface area contributed by atoms with Crippen LogP contribution in [-0.4, -0.2) is 21.8 Å². The van der Waals surface area contributed by atoms with Crippen LogP contribution in [-0.2, 0) is 10.3 Å². The Morgan fingerprint density at radius 2 is 1.83 bits per heavy atom. The average Bonchev–Trinajstić information content (AvgIpc) is 3.43. The number of carbonyl (C=O) groups excluding carboxylic acids is 2. The standard InChI is InChI=1S/C21H25N5O2S/c27-19(13-6-2-3-7-13)25-16-11-15(22-12-23-16)24-17-10-14-18(29-17)20(28)26-21(14)8-4-1-5-9-21/h10-13H,1-9H2,(H,26,28)(H2,22,23,24,25,27). The van der Waals surface area contributed by atoms with Crippen molar-refractivity contribution in [1.82, 2.24) is 15.3 Å². The summed E-state index contributed by atoms with van der Waals surface area (Å²) < 4.78 is 0. The van der Waals surface area contributed by atoms with E-state index in [-0.39, 0.29) is 23.3 Å². The average molecular weight is 412 g/mol. The van der Waals surface area contributed by atoms with Crippen molar-refractivity contribution < 1.29 is 9.59 Å². The molecule has 2 amide bonds. The molecule has 0 saturated heterocycles. The van der Waals surface area contributed by atoms with Crippen LogP contribution in [0, 0.1) is 5.92 Å². The van der Waals surface area contributed by atoms with Crippen molar-refractivity contribution in [1.29, 1.82) is 0 Å². The Kier molecular flexibility index (Phi) is 4.73. The number of nitrogens with one attached hydrogen (secondary N) is 3. The summed E-state index contributed by atoms with van der Waals surface area (Å²) in [5.74, 6) is 1.28.